The van der Waals surface area contributed by atoms with Crippen molar-refractivity contribution in [1.29, 1.82) is 0 Å². The number of carbonyl (C=O) groups is 1. The van der Waals surface area contributed by atoms with E-state index in [0.717, 1.165) is 21.8 Å². The van der Waals surface area contributed by atoms with Gasteiger partial charge in [-0.25, -0.2) is 10.8 Å². The van der Waals surface area contributed by atoms with Gasteiger partial charge in [0.15, 0.2) is 6.10 Å². The molecule has 3 aromatic rings. The van der Waals surface area contributed by atoms with Crippen LogP contribution in [0.5, 0.6) is 11.5 Å². The van der Waals surface area contributed by atoms with Crippen LogP contribution in [0, 0.1) is 6.92 Å². The number of aromatic hydroxyl groups is 1. The molecule has 0 fully saturated rings. The number of carbonyl (C=O) groups excluding carboxylic acids is 1. The SMILES string of the molecule is CCc1cc(-c2[nH]ncc2-c2nc(C)cs2)c(O)cc1O[C@@H](C)C(=O)NN. The van der Waals surface area contributed by atoms with E-state index in [9.17, 15) is 9.90 Å². The molecule has 27 heavy (non-hydrogen) atoms. The van der Waals surface area contributed by atoms with Crippen molar-refractivity contribution in [2.45, 2.75) is 33.3 Å². The van der Waals surface area contributed by atoms with Gasteiger partial charge in [0.25, 0.3) is 5.91 Å². The molecule has 1 amide bonds. The van der Waals surface area contributed by atoms with Gasteiger partial charge in [-0.3, -0.25) is 15.3 Å². The molecule has 0 aliphatic heterocycles. The second-order valence-electron chi connectivity index (χ2n) is 6.05. The molecule has 0 radical (unpaired) electrons. The Labute approximate surface area is 160 Å². The number of thiazole rings is 1. The quantitative estimate of drug-likeness (QED) is 0.292. The summed E-state index contributed by atoms with van der Waals surface area (Å²) in [4.78, 5) is 16.1. The highest BCUT2D eigenvalue weighted by molar-refractivity contribution is 7.13. The highest BCUT2D eigenvalue weighted by Gasteiger charge is 2.20. The fourth-order valence-corrected chi connectivity index (χ4v) is 3.51. The van der Waals surface area contributed by atoms with Crippen LogP contribution in [-0.2, 0) is 11.2 Å². The van der Waals surface area contributed by atoms with Gasteiger partial charge in [0.1, 0.15) is 16.5 Å². The van der Waals surface area contributed by atoms with Crippen molar-refractivity contribution in [1.82, 2.24) is 20.6 Å². The lowest BCUT2D eigenvalue weighted by Gasteiger charge is -2.17. The number of amides is 1. The summed E-state index contributed by atoms with van der Waals surface area (Å²) in [6.07, 6.45) is 1.56. The molecule has 0 saturated heterocycles. The van der Waals surface area contributed by atoms with Crippen LogP contribution in [0.25, 0.3) is 21.8 Å². The number of phenols is 1. The first-order valence-electron chi connectivity index (χ1n) is 8.43. The number of benzene rings is 1. The number of hydrogen-bond donors (Lipinski definition) is 4. The average Bonchev–Trinajstić information content (AvgIpc) is 3.29. The molecule has 142 valence electrons. The normalized spacial score (nSPS) is 12.0. The molecule has 3 rings (SSSR count). The number of H-pyrrole nitrogens is 1. The van der Waals surface area contributed by atoms with Crippen LogP contribution < -0.4 is 16.0 Å². The van der Waals surface area contributed by atoms with Crippen molar-refractivity contribution in [2.75, 3.05) is 0 Å². The lowest BCUT2D eigenvalue weighted by atomic mass is 10.0. The summed E-state index contributed by atoms with van der Waals surface area (Å²) in [6.45, 7) is 5.48. The Hall–Kier alpha value is -2.91. The number of nitrogens with two attached hydrogens (primary N) is 1. The number of nitrogens with zero attached hydrogens (tertiary/aromatic N) is 2. The van der Waals surface area contributed by atoms with Gasteiger partial charge in [-0.1, -0.05) is 6.92 Å². The van der Waals surface area contributed by atoms with E-state index >= 15 is 0 Å². The summed E-state index contributed by atoms with van der Waals surface area (Å²) >= 11 is 1.52. The fraction of sp³-hybridized carbons (Fsp3) is 0.278. The van der Waals surface area contributed by atoms with Crippen LogP contribution in [0.2, 0.25) is 0 Å². The van der Waals surface area contributed by atoms with Crippen molar-refractivity contribution < 1.29 is 14.6 Å². The Balaban J connectivity index is 2.01. The monoisotopic (exact) mass is 387 g/mol. The zero-order valence-corrected chi connectivity index (χ0v) is 16.1. The van der Waals surface area contributed by atoms with E-state index < -0.39 is 12.0 Å². The summed E-state index contributed by atoms with van der Waals surface area (Å²) < 4.78 is 5.67. The topological polar surface area (TPSA) is 126 Å². The van der Waals surface area contributed by atoms with Gasteiger partial charge in [-0.05, 0) is 31.9 Å². The Morgan fingerprint density at radius 3 is 2.85 bits per heavy atom. The summed E-state index contributed by atoms with van der Waals surface area (Å²) in [5.41, 5.74) is 5.91. The predicted molar refractivity (Wildman–Crippen MR) is 103 cm³/mol. The maximum atomic E-state index is 11.6. The molecule has 8 nitrogen and oxygen atoms in total. The highest BCUT2D eigenvalue weighted by atomic mass is 32.1. The molecule has 0 aliphatic rings. The number of nitrogens with one attached hydrogen (secondary N) is 2. The number of aromatic amines is 1. The van der Waals surface area contributed by atoms with E-state index in [1.54, 1.807) is 13.1 Å². The largest absolute Gasteiger partial charge is 0.507 e. The molecule has 2 heterocycles. The lowest BCUT2D eigenvalue weighted by molar-refractivity contribution is -0.127. The summed E-state index contributed by atoms with van der Waals surface area (Å²) in [5, 5.41) is 20.4. The van der Waals surface area contributed by atoms with Crippen molar-refractivity contribution >= 4 is 17.2 Å². The van der Waals surface area contributed by atoms with Gasteiger partial charge in [0.2, 0.25) is 0 Å². The summed E-state index contributed by atoms with van der Waals surface area (Å²) in [5.74, 6) is 5.14. The van der Waals surface area contributed by atoms with Crippen molar-refractivity contribution in [3.8, 4) is 33.3 Å². The third kappa shape index (κ3) is 3.79. The second kappa shape index (κ2) is 7.77. The Kier molecular flexibility index (Phi) is 5.43. The molecule has 0 saturated carbocycles. The number of aryl methyl sites for hydroxylation is 2. The second-order valence-corrected chi connectivity index (χ2v) is 6.91. The number of aromatic nitrogens is 3. The van der Waals surface area contributed by atoms with Gasteiger partial charge in [-0.2, -0.15) is 5.10 Å². The summed E-state index contributed by atoms with van der Waals surface area (Å²) in [7, 11) is 0. The first kappa shape index (κ1) is 18.9. The van der Waals surface area contributed by atoms with Crippen LogP contribution in [0.3, 0.4) is 0 Å². The molecule has 2 aromatic heterocycles. The maximum absolute atomic E-state index is 11.6. The first-order chi connectivity index (χ1) is 12.9. The Morgan fingerprint density at radius 2 is 2.22 bits per heavy atom. The number of hydrazine groups is 1. The third-order valence-corrected chi connectivity index (χ3v) is 5.13. The van der Waals surface area contributed by atoms with Gasteiger partial charge >= 0.3 is 0 Å². The molecular formula is C18H21N5O3S. The van der Waals surface area contributed by atoms with E-state index in [0.29, 0.717) is 23.4 Å². The van der Waals surface area contributed by atoms with Crippen molar-refractivity contribution in [2.24, 2.45) is 5.84 Å². The fourth-order valence-electron chi connectivity index (χ4n) is 2.69. The molecule has 1 atom stereocenters. The smallest absolute Gasteiger partial charge is 0.274 e. The van der Waals surface area contributed by atoms with Gasteiger partial charge in [-0.15, -0.1) is 11.3 Å². The van der Waals surface area contributed by atoms with E-state index in [1.165, 1.54) is 17.4 Å². The number of hydrogen-bond acceptors (Lipinski definition) is 7. The van der Waals surface area contributed by atoms with Crippen molar-refractivity contribution in [3.05, 3.63) is 35.0 Å². The summed E-state index contributed by atoms with van der Waals surface area (Å²) in [6, 6.07) is 3.33. The lowest BCUT2D eigenvalue weighted by Crippen LogP contribution is -2.40. The molecule has 0 spiro atoms. The minimum Gasteiger partial charge on any atom is -0.507 e. The first-order valence-corrected chi connectivity index (χ1v) is 9.31. The molecule has 0 bridgehead atoms. The Bertz CT molecular complexity index is 966. The van der Waals surface area contributed by atoms with Crippen LogP contribution in [0.4, 0.5) is 0 Å². The van der Waals surface area contributed by atoms with Crippen LogP contribution >= 0.6 is 11.3 Å². The molecule has 9 heteroatoms. The van der Waals surface area contributed by atoms with Gasteiger partial charge in [0, 0.05) is 22.7 Å². The standard InChI is InChI=1S/C18H21N5O3S/c1-4-11-5-12(14(24)6-15(11)26-10(3)17(25)22-19)16-13(7-20-23-16)18-21-9(2)8-27-18/h5-8,10,24H,4,19H2,1-3H3,(H,20,23)(H,22,25)/t10-/m0/s1. The molecular weight excluding hydrogens is 366 g/mol. The number of ether oxygens (including phenoxy) is 1. The highest BCUT2D eigenvalue weighted by Crippen LogP contribution is 2.40. The molecule has 0 aliphatic carbocycles. The maximum Gasteiger partial charge on any atom is 0.274 e. The van der Waals surface area contributed by atoms with Crippen LogP contribution in [0.15, 0.2) is 23.7 Å². The number of phenolic OH excluding ortho intramolecular Hbond substituents is 1. The zero-order chi connectivity index (χ0) is 19.6. The minimum atomic E-state index is -0.786. The van der Waals surface area contributed by atoms with E-state index in [4.69, 9.17) is 10.6 Å². The van der Waals surface area contributed by atoms with Gasteiger partial charge in [0.05, 0.1) is 17.5 Å². The Morgan fingerprint density at radius 1 is 1.44 bits per heavy atom. The molecule has 5 N–H and O–H groups in total. The zero-order valence-electron chi connectivity index (χ0n) is 15.2. The number of rotatable bonds is 6. The van der Waals surface area contributed by atoms with E-state index in [2.05, 4.69) is 20.6 Å². The van der Waals surface area contributed by atoms with E-state index in [1.807, 2.05) is 25.3 Å². The van der Waals surface area contributed by atoms with E-state index in [-0.39, 0.29) is 5.75 Å². The average molecular weight is 387 g/mol. The van der Waals surface area contributed by atoms with Gasteiger partial charge < -0.3 is 9.84 Å². The molecule has 1 aromatic carbocycles. The predicted octanol–water partition coefficient (Wildman–Crippen LogP) is 2.53. The van der Waals surface area contributed by atoms with Crippen LogP contribution in [-0.4, -0.2) is 32.3 Å². The third-order valence-electron chi connectivity index (χ3n) is 4.13. The van der Waals surface area contributed by atoms with Crippen molar-refractivity contribution in [3.63, 3.8) is 0 Å². The molecule has 0 unspecified atom stereocenters. The minimum absolute atomic E-state index is 0.0151. The van der Waals surface area contributed by atoms with Crippen LogP contribution in [0.1, 0.15) is 25.1 Å².